The summed E-state index contributed by atoms with van der Waals surface area (Å²) in [5, 5.41) is 8.93. The average Bonchev–Trinajstić information content (AvgIpc) is 2.27. The third kappa shape index (κ3) is 3.75. The fourth-order valence-corrected chi connectivity index (χ4v) is 1.58. The van der Waals surface area contributed by atoms with E-state index in [9.17, 15) is 0 Å². The predicted octanol–water partition coefficient (Wildman–Crippen LogP) is 4.12. The van der Waals surface area contributed by atoms with Gasteiger partial charge in [-0.05, 0) is 38.2 Å². The molecule has 0 aromatic heterocycles. The molecule has 0 aliphatic heterocycles. The van der Waals surface area contributed by atoms with Gasteiger partial charge in [-0.2, -0.15) is 5.26 Å². The summed E-state index contributed by atoms with van der Waals surface area (Å²) in [6, 6.07) is 12.8. The summed E-state index contributed by atoms with van der Waals surface area (Å²) in [5.41, 5.74) is 1.18. The highest BCUT2D eigenvalue weighted by Gasteiger charge is 2.18. The molecule has 0 fully saturated rings. The van der Waals surface area contributed by atoms with Crippen LogP contribution in [0.15, 0.2) is 30.3 Å². The lowest BCUT2D eigenvalue weighted by molar-refractivity contribution is 0.415. The van der Waals surface area contributed by atoms with Gasteiger partial charge in [0.05, 0.1) is 11.5 Å². The van der Waals surface area contributed by atoms with Crippen molar-refractivity contribution in [2.45, 2.75) is 39.5 Å². The molecule has 0 heterocycles. The Balaban J connectivity index is 2.52. The number of hydrogen-bond donors (Lipinski definition) is 0. The standard InChI is InChI=1S/C14H19N/c1-12(9-10-14(2,3)11-15)13-7-5-4-6-8-13/h4-8,12H,9-10H2,1-3H3. The van der Waals surface area contributed by atoms with E-state index in [-0.39, 0.29) is 5.41 Å². The highest BCUT2D eigenvalue weighted by molar-refractivity contribution is 5.18. The number of nitriles is 1. The molecule has 0 saturated heterocycles. The fraction of sp³-hybridized carbons (Fsp3) is 0.500. The van der Waals surface area contributed by atoms with Crippen molar-refractivity contribution in [2.75, 3.05) is 0 Å². The molecule has 1 rings (SSSR count). The molecule has 0 aliphatic rings. The molecule has 1 nitrogen and oxygen atoms in total. The Morgan fingerprint density at radius 3 is 2.40 bits per heavy atom. The first-order chi connectivity index (χ1) is 7.05. The van der Waals surface area contributed by atoms with E-state index >= 15 is 0 Å². The van der Waals surface area contributed by atoms with E-state index in [1.54, 1.807) is 0 Å². The van der Waals surface area contributed by atoms with Crippen molar-refractivity contribution in [3.8, 4) is 6.07 Å². The van der Waals surface area contributed by atoms with Crippen LogP contribution in [-0.2, 0) is 0 Å². The second kappa shape index (κ2) is 4.98. The number of benzene rings is 1. The summed E-state index contributed by atoms with van der Waals surface area (Å²) in [6.45, 7) is 6.23. The lowest BCUT2D eigenvalue weighted by Crippen LogP contribution is -2.09. The van der Waals surface area contributed by atoms with Crippen molar-refractivity contribution >= 4 is 0 Å². The van der Waals surface area contributed by atoms with Crippen molar-refractivity contribution in [1.82, 2.24) is 0 Å². The molecule has 0 radical (unpaired) electrons. The lowest BCUT2D eigenvalue weighted by Gasteiger charge is -2.18. The van der Waals surface area contributed by atoms with Gasteiger partial charge < -0.3 is 0 Å². The fourth-order valence-electron chi connectivity index (χ4n) is 1.58. The normalized spacial score (nSPS) is 13.2. The molecule has 0 bridgehead atoms. The van der Waals surface area contributed by atoms with Gasteiger partial charge in [-0.3, -0.25) is 0 Å². The highest BCUT2D eigenvalue weighted by atomic mass is 14.3. The Morgan fingerprint density at radius 1 is 1.27 bits per heavy atom. The molecule has 0 N–H and O–H groups in total. The van der Waals surface area contributed by atoms with Crippen LogP contribution in [0.3, 0.4) is 0 Å². The summed E-state index contributed by atoms with van der Waals surface area (Å²) >= 11 is 0. The van der Waals surface area contributed by atoms with Gasteiger partial charge in [-0.1, -0.05) is 37.3 Å². The maximum absolute atomic E-state index is 8.93. The number of rotatable bonds is 4. The SMILES string of the molecule is CC(CCC(C)(C)C#N)c1ccccc1. The molecule has 1 atom stereocenters. The van der Waals surface area contributed by atoms with Crippen molar-refractivity contribution < 1.29 is 0 Å². The van der Waals surface area contributed by atoms with Crippen LogP contribution in [0.2, 0.25) is 0 Å². The first-order valence-corrected chi connectivity index (χ1v) is 5.51. The third-order valence-electron chi connectivity index (χ3n) is 2.87. The Morgan fingerprint density at radius 2 is 1.87 bits per heavy atom. The molecule has 15 heavy (non-hydrogen) atoms. The molecule has 80 valence electrons. The van der Waals surface area contributed by atoms with Crippen LogP contribution in [0.25, 0.3) is 0 Å². The maximum Gasteiger partial charge on any atom is 0.0683 e. The molecular weight excluding hydrogens is 182 g/mol. The largest absolute Gasteiger partial charge is 0.198 e. The maximum atomic E-state index is 8.93. The molecule has 1 unspecified atom stereocenters. The van der Waals surface area contributed by atoms with Gasteiger partial charge in [0.15, 0.2) is 0 Å². The molecule has 1 aromatic rings. The minimum atomic E-state index is -0.191. The van der Waals surface area contributed by atoms with E-state index in [1.807, 2.05) is 19.9 Å². The number of nitrogens with zero attached hydrogens (tertiary/aromatic N) is 1. The van der Waals surface area contributed by atoms with Gasteiger partial charge >= 0.3 is 0 Å². The van der Waals surface area contributed by atoms with E-state index in [0.29, 0.717) is 5.92 Å². The third-order valence-corrected chi connectivity index (χ3v) is 2.87. The van der Waals surface area contributed by atoms with Crippen molar-refractivity contribution in [1.29, 1.82) is 5.26 Å². The molecular formula is C14H19N. The summed E-state index contributed by atoms with van der Waals surface area (Å²) in [7, 11) is 0. The van der Waals surface area contributed by atoms with Crippen LogP contribution in [0.5, 0.6) is 0 Å². The topological polar surface area (TPSA) is 23.8 Å². The van der Waals surface area contributed by atoms with E-state index in [2.05, 4.69) is 37.3 Å². The Kier molecular flexibility index (Phi) is 3.91. The van der Waals surface area contributed by atoms with Crippen LogP contribution in [-0.4, -0.2) is 0 Å². The van der Waals surface area contributed by atoms with Crippen LogP contribution < -0.4 is 0 Å². The summed E-state index contributed by atoms with van der Waals surface area (Å²) in [4.78, 5) is 0. The lowest BCUT2D eigenvalue weighted by atomic mass is 9.84. The van der Waals surface area contributed by atoms with Gasteiger partial charge in [-0.15, -0.1) is 0 Å². The van der Waals surface area contributed by atoms with Gasteiger partial charge in [-0.25, -0.2) is 0 Å². The Bertz CT molecular complexity index is 332. The smallest absolute Gasteiger partial charge is 0.0683 e. The average molecular weight is 201 g/mol. The quantitative estimate of drug-likeness (QED) is 0.718. The van der Waals surface area contributed by atoms with Crippen LogP contribution >= 0.6 is 0 Å². The zero-order chi connectivity index (χ0) is 11.3. The monoisotopic (exact) mass is 201 g/mol. The molecule has 0 saturated carbocycles. The van der Waals surface area contributed by atoms with Crippen LogP contribution in [0, 0.1) is 16.7 Å². The second-order valence-corrected chi connectivity index (χ2v) is 4.85. The number of hydrogen-bond acceptors (Lipinski definition) is 1. The van der Waals surface area contributed by atoms with E-state index in [4.69, 9.17) is 5.26 Å². The zero-order valence-electron chi connectivity index (χ0n) is 9.83. The molecule has 0 spiro atoms. The predicted molar refractivity (Wildman–Crippen MR) is 63.5 cm³/mol. The van der Waals surface area contributed by atoms with Gasteiger partial charge in [0.25, 0.3) is 0 Å². The molecule has 0 aliphatic carbocycles. The van der Waals surface area contributed by atoms with Gasteiger partial charge in [0.1, 0.15) is 0 Å². The Hall–Kier alpha value is -1.29. The summed E-state index contributed by atoms with van der Waals surface area (Å²) in [5.74, 6) is 0.541. The van der Waals surface area contributed by atoms with Crippen LogP contribution in [0.1, 0.15) is 45.1 Å². The van der Waals surface area contributed by atoms with Crippen molar-refractivity contribution in [3.63, 3.8) is 0 Å². The first-order valence-electron chi connectivity index (χ1n) is 5.51. The summed E-state index contributed by atoms with van der Waals surface area (Å²) in [6.07, 6.45) is 2.03. The zero-order valence-corrected chi connectivity index (χ0v) is 9.83. The molecule has 1 aromatic carbocycles. The van der Waals surface area contributed by atoms with E-state index in [0.717, 1.165) is 12.8 Å². The summed E-state index contributed by atoms with van der Waals surface area (Å²) < 4.78 is 0. The highest BCUT2D eigenvalue weighted by Crippen LogP contribution is 2.28. The minimum absolute atomic E-state index is 0.191. The van der Waals surface area contributed by atoms with Crippen LogP contribution in [0.4, 0.5) is 0 Å². The molecule has 0 amide bonds. The first kappa shape index (κ1) is 11.8. The van der Waals surface area contributed by atoms with Crippen molar-refractivity contribution in [3.05, 3.63) is 35.9 Å². The molecule has 1 heteroatoms. The van der Waals surface area contributed by atoms with E-state index in [1.165, 1.54) is 5.56 Å². The van der Waals surface area contributed by atoms with Crippen molar-refractivity contribution in [2.24, 2.45) is 5.41 Å². The van der Waals surface area contributed by atoms with Gasteiger partial charge in [0, 0.05) is 0 Å². The van der Waals surface area contributed by atoms with E-state index < -0.39 is 0 Å². The second-order valence-electron chi connectivity index (χ2n) is 4.85. The van der Waals surface area contributed by atoms with Gasteiger partial charge in [0.2, 0.25) is 0 Å². The Labute approximate surface area is 92.7 Å². The minimum Gasteiger partial charge on any atom is -0.198 e.